The summed E-state index contributed by atoms with van der Waals surface area (Å²) in [6, 6.07) is 49.4. The van der Waals surface area contributed by atoms with Gasteiger partial charge >= 0.3 is 6.09 Å². The number of hydrogen-bond donors (Lipinski definition) is 2. The van der Waals surface area contributed by atoms with Crippen LogP contribution in [0.2, 0.25) is 0 Å². The number of fused-ring (bicyclic) bond motifs is 1. The van der Waals surface area contributed by atoms with Crippen LogP contribution in [-0.2, 0) is 29.4 Å². The molecule has 7 aromatic rings. The maximum absolute atomic E-state index is 14.5. The highest BCUT2D eigenvalue weighted by atomic mass is 32.2. The second kappa shape index (κ2) is 21.5. The van der Waals surface area contributed by atoms with Gasteiger partial charge in [-0.3, -0.25) is 19.8 Å². The largest absolute Gasteiger partial charge is 0.469 e. The summed E-state index contributed by atoms with van der Waals surface area (Å²) in [6.45, 7) is 5.24. The van der Waals surface area contributed by atoms with Gasteiger partial charge in [0.25, 0.3) is 11.8 Å². The van der Waals surface area contributed by atoms with E-state index in [9.17, 15) is 14.4 Å². The minimum atomic E-state index is -0.958. The minimum absolute atomic E-state index is 0.133. The number of nitrogens with one attached hydrogen (secondary N) is 2. The number of rotatable bonds is 16. The number of anilines is 1. The lowest BCUT2D eigenvalue weighted by Crippen LogP contribution is -2.71. The number of β-lactam (4-membered cyclic amide) rings is 1. The lowest BCUT2D eigenvalue weighted by atomic mass is 9.77. The number of thioether (sulfide) groups is 2. The van der Waals surface area contributed by atoms with Crippen molar-refractivity contribution in [3.05, 3.63) is 208 Å². The van der Waals surface area contributed by atoms with E-state index in [1.807, 2.05) is 126 Å². The molecule has 14 nitrogen and oxygen atoms in total. The van der Waals surface area contributed by atoms with Crippen LogP contribution in [-0.4, -0.2) is 89.2 Å². The molecule has 2 aromatic heterocycles. The van der Waals surface area contributed by atoms with Crippen LogP contribution in [0.5, 0.6) is 0 Å². The van der Waals surface area contributed by atoms with Crippen molar-refractivity contribution in [1.82, 2.24) is 30.2 Å². The van der Waals surface area contributed by atoms with E-state index in [2.05, 4.69) is 57.2 Å². The summed E-state index contributed by atoms with van der Waals surface area (Å²) in [7, 11) is 1.30. The van der Waals surface area contributed by atoms with Crippen LogP contribution in [0, 0.1) is 0 Å². The number of thiazole rings is 1. The average Bonchev–Trinajstić information content (AvgIpc) is 4.06. The van der Waals surface area contributed by atoms with Crippen LogP contribution in [0.1, 0.15) is 60.4 Å². The molecule has 0 aliphatic carbocycles. The maximum atomic E-state index is 14.5. The monoisotopic (exact) mass is 1020 g/mol. The van der Waals surface area contributed by atoms with Gasteiger partial charge in [-0.2, -0.15) is 0 Å². The number of amides is 3. The summed E-state index contributed by atoms with van der Waals surface area (Å²) in [5.74, 6) is -0.238. The Labute approximate surface area is 428 Å². The second-order valence-corrected chi connectivity index (χ2v) is 20.6. The topological polar surface area (TPSA) is 162 Å². The molecule has 0 saturated carbocycles. The number of oxime groups is 1. The van der Waals surface area contributed by atoms with Gasteiger partial charge in [0.05, 0.1) is 11.9 Å². The van der Waals surface area contributed by atoms with E-state index >= 15 is 0 Å². The molecule has 9 rings (SSSR count). The van der Waals surface area contributed by atoms with Gasteiger partial charge in [0, 0.05) is 16.9 Å². The van der Waals surface area contributed by atoms with Crippen molar-refractivity contribution in [2.45, 2.75) is 54.5 Å². The molecule has 0 spiro atoms. The zero-order chi connectivity index (χ0) is 49.5. The van der Waals surface area contributed by atoms with Crippen LogP contribution >= 0.6 is 47.1 Å². The first kappa shape index (κ1) is 48.9. The van der Waals surface area contributed by atoms with Gasteiger partial charge in [0.1, 0.15) is 46.5 Å². The zero-order valence-electron chi connectivity index (χ0n) is 39.0. The standard InChI is InChI=1S/C53H48N8O6S4/c1-52(2,3)67-51(64)56-50-54-40(33-71-50)42(58-65-4)46(62)55-43-47(63)61-44(49(68)66-45(34-20-10-5-11-21-34)35-22-12-6-13-23-35)36(32-70-48(43)61)31-69-41-30-60(59-57-41)53(37-24-14-7-15-25-37,38-26-16-8-17-27-38)39-28-18-9-19-29-39/h5-30,33,43,45,48H,31-32H2,1-4H3,(H,55,62)(H,54,56,64)/b58-42-/t43-,48-/m1/s1. The van der Waals surface area contributed by atoms with Crippen LogP contribution in [0.4, 0.5) is 9.93 Å². The third-order valence-electron chi connectivity index (χ3n) is 11.5. The van der Waals surface area contributed by atoms with Crippen LogP contribution in [0.25, 0.3) is 0 Å². The average molecular weight is 1020 g/mol. The summed E-state index contributed by atoms with van der Waals surface area (Å²) in [4.78, 5) is 52.0. The Morgan fingerprint density at radius 2 is 1.39 bits per heavy atom. The Hall–Kier alpha value is -7.12. The van der Waals surface area contributed by atoms with Crippen LogP contribution < -0.4 is 10.6 Å². The van der Waals surface area contributed by atoms with E-state index in [4.69, 9.17) is 36.8 Å². The Morgan fingerprint density at radius 1 is 0.845 bits per heavy atom. The van der Waals surface area contributed by atoms with E-state index in [-0.39, 0.29) is 27.5 Å². The molecule has 1 saturated heterocycles. The molecule has 4 heterocycles. The Morgan fingerprint density at radius 3 is 1.93 bits per heavy atom. The van der Waals surface area contributed by atoms with Crippen molar-refractivity contribution in [2.24, 2.45) is 5.16 Å². The van der Waals surface area contributed by atoms with Crippen molar-refractivity contribution in [3.8, 4) is 0 Å². The highest BCUT2D eigenvalue weighted by molar-refractivity contribution is 8.01. The number of ether oxygens (including phenoxy) is 2. The van der Waals surface area contributed by atoms with E-state index in [0.29, 0.717) is 22.2 Å². The summed E-state index contributed by atoms with van der Waals surface area (Å²) >= 11 is 10.3. The fourth-order valence-electron chi connectivity index (χ4n) is 8.44. The first-order valence-corrected chi connectivity index (χ1v) is 25.8. The lowest BCUT2D eigenvalue weighted by molar-refractivity contribution is -0.144. The smallest absolute Gasteiger partial charge is 0.413 e. The van der Waals surface area contributed by atoms with Crippen LogP contribution in [0.3, 0.4) is 0 Å². The highest BCUT2D eigenvalue weighted by Gasteiger charge is 2.54. The summed E-state index contributed by atoms with van der Waals surface area (Å²) < 4.78 is 14.1. The van der Waals surface area contributed by atoms with Gasteiger partial charge in [-0.1, -0.05) is 174 Å². The molecule has 360 valence electrons. The van der Waals surface area contributed by atoms with Crippen molar-refractivity contribution in [3.63, 3.8) is 0 Å². The predicted octanol–water partition coefficient (Wildman–Crippen LogP) is 9.85. The quantitative estimate of drug-likeness (QED) is 0.0236. The molecular weight excluding hydrogens is 973 g/mol. The van der Waals surface area contributed by atoms with Gasteiger partial charge in [-0.15, -0.1) is 28.2 Å². The van der Waals surface area contributed by atoms with Crippen molar-refractivity contribution in [2.75, 3.05) is 23.9 Å². The first-order valence-electron chi connectivity index (χ1n) is 22.5. The number of hydrogen-bond acceptors (Lipinski definition) is 14. The molecular formula is C53H48N8O6S4. The number of thiocarbonyl (C=S) groups is 1. The number of benzene rings is 5. The molecule has 2 aliphatic rings. The third kappa shape index (κ3) is 10.5. The van der Waals surface area contributed by atoms with Gasteiger partial charge in [-0.25, -0.2) is 14.5 Å². The SMILES string of the molecule is CO/N=C(\C(=O)N[C@@H]1C(=O)N2C(C(=S)OC(c3ccccc3)c3ccccc3)=C(CSc3cn(C(c4ccccc4)(c4ccccc4)c4ccccc4)nn3)CS[C@H]12)c1csc(NC(=O)OC(C)(C)C)n1. The van der Waals surface area contributed by atoms with E-state index < -0.39 is 40.7 Å². The fraction of sp³-hybridized carbons (Fsp3) is 0.208. The summed E-state index contributed by atoms with van der Waals surface area (Å²) in [5, 5.41) is 21.0. The number of carbonyl (C=O) groups excluding carboxylic acids is 3. The van der Waals surface area contributed by atoms with E-state index in [0.717, 1.165) is 44.7 Å². The molecule has 2 aliphatic heterocycles. The highest BCUT2D eigenvalue weighted by Crippen LogP contribution is 2.44. The van der Waals surface area contributed by atoms with Crippen molar-refractivity contribution < 1.29 is 28.7 Å². The van der Waals surface area contributed by atoms with Gasteiger partial charge in [0.2, 0.25) is 5.05 Å². The molecule has 18 heteroatoms. The number of nitrogens with zero attached hydrogens (tertiary/aromatic N) is 6. The Kier molecular flexibility index (Phi) is 14.8. The second-order valence-electron chi connectivity index (χ2n) is 17.3. The summed E-state index contributed by atoms with van der Waals surface area (Å²) in [6.07, 6.45) is 0.673. The Balaban J connectivity index is 1.02. The lowest BCUT2D eigenvalue weighted by Gasteiger charge is -2.50. The predicted molar refractivity (Wildman–Crippen MR) is 281 cm³/mol. The minimum Gasteiger partial charge on any atom is -0.469 e. The third-order valence-corrected chi connectivity index (χ3v) is 14.9. The molecule has 0 bridgehead atoms. The maximum Gasteiger partial charge on any atom is 0.413 e. The van der Waals surface area contributed by atoms with Crippen LogP contribution in [0.15, 0.2) is 185 Å². The van der Waals surface area contributed by atoms with Gasteiger partial charge in [0.15, 0.2) is 10.8 Å². The molecule has 0 radical (unpaired) electrons. The Bertz CT molecular complexity index is 2940. The molecule has 0 unspecified atom stereocenters. The van der Waals surface area contributed by atoms with E-state index in [1.54, 1.807) is 31.1 Å². The number of aromatic nitrogens is 4. The molecule has 71 heavy (non-hydrogen) atoms. The normalized spacial score (nSPS) is 15.9. The molecule has 5 aromatic carbocycles. The van der Waals surface area contributed by atoms with Crippen molar-refractivity contribution >= 4 is 80.9 Å². The number of carbonyl (C=O) groups is 3. The molecule has 1 fully saturated rings. The zero-order valence-corrected chi connectivity index (χ0v) is 42.3. The fourth-order valence-corrected chi connectivity index (χ4v) is 11.8. The van der Waals surface area contributed by atoms with Gasteiger partial charge in [-0.05, 0) is 66.4 Å². The first-order chi connectivity index (χ1) is 34.4. The molecule has 2 N–H and O–H groups in total. The molecule has 3 amide bonds. The van der Waals surface area contributed by atoms with E-state index in [1.165, 1.54) is 30.6 Å². The van der Waals surface area contributed by atoms with Gasteiger partial charge < -0.3 is 19.6 Å². The molecule has 2 atom stereocenters. The summed E-state index contributed by atoms with van der Waals surface area (Å²) in [5.41, 5.74) is 4.47. The van der Waals surface area contributed by atoms with Crippen molar-refractivity contribution in [1.29, 1.82) is 0 Å².